The van der Waals surface area contributed by atoms with E-state index in [0.29, 0.717) is 16.9 Å². The first-order valence-corrected chi connectivity index (χ1v) is 7.77. The van der Waals surface area contributed by atoms with Crippen LogP contribution in [0.5, 0.6) is 0 Å². The van der Waals surface area contributed by atoms with Gasteiger partial charge in [0, 0.05) is 4.47 Å². The molecule has 0 atom stereocenters. The summed E-state index contributed by atoms with van der Waals surface area (Å²) in [4.78, 5) is 12.1. The molecule has 0 saturated heterocycles. The fourth-order valence-corrected chi connectivity index (χ4v) is 2.67. The Morgan fingerprint density at radius 1 is 1.21 bits per heavy atom. The van der Waals surface area contributed by atoms with E-state index in [1.165, 1.54) is 0 Å². The molecular formula is C14H16Br2N2O. The fraction of sp³-hybridized carbons (Fsp3) is 0.357. The van der Waals surface area contributed by atoms with Gasteiger partial charge in [0.2, 0.25) is 0 Å². The van der Waals surface area contributed by atoms with E-state index in [-0.39, 0.29) is 5.56 Å². The van der Waals surface area contributed by atoms with E-state index in [1.807, 2.05) is 24.3 Å². The number of H-pyrrole nitrogens is 1. The number of aromatic amines is 1. The zero-order valence-electron chi connectivity index (χ0n) is 10.9. The molecule has 5 heteroatoms. The zero-order valence-corrected chi connectivity index (χ0v) is 14.1. The molecule has 0 aliphatic rings. The third-order valence-corrected chi connectivity index (χ3v) is 4.18. The molecule has 19 heavy (non-hydrogen) atoms. The summed E-state index contributed by atoms with van der Waals surface area (Å²) in [6, 6.07) is 7.97. The lowest BCUT2D eigenvalue weighted by Gasteiger charge is -2.04. The maximum atomic E-state index is 12.1. The van der Waals surface area contributed by atoms with Crippen molar-refractivity contribution in [1.29, 1.82) is 0 Å². The minimum atomic E-state index is -0.00133. The number of rotatable bonds is 4. The summed E-state index contributed by atoms with van der Waals surface area (Å²) in [5.41, 5.74) is 2.06. The molecule has 0 bridgehead atoms. The van der Waals surface area contributed by atoms with Gasteiger partial charge in [-0.2, -0.15) is 0 Å². The normalized spacial score (nSPS) is 11.2. The van der Waals surface area contributed by atoms with Crippen LogP contribution in [0, 0.1) is 5.92 Å². The van der Waals surface area contributed by atoms with Crippen LogP contribution in [0.15, 0.2) is 38.0 Å². The summed E-state index contributed by atoms with van der Waals surface area (Å²) in [6.45, 7) is 4.83. The number of nitrogens with one attached hydrogen (secondary N) is 1. The van der Waals surface area contributed by atoms with Crippen molar-refractivity contribution in [1.82, 2.24) is 9.78 Å². The van der Waals surface area contributed by atoms with E-state index in [4.69, 9.17) is 0 Å². The van der Waals surface area contributed by atoms with Gasteiger partial charge in [-0.05, 0) is 46.0 Å². The molecule has 2 aromatic rings. The van der Waals surface area contributed by atoms with Gasteiger partial charge in [0.05, 0.1) is 12.2 Å². The summed E-state index contributed by atoms with van der Waals surface area (Å²) in [6.07, 6.45) is 0.864. The van der Waals surface area contributed by atoms with Crippen molar-refractivity contribution >= 4 is 31.9 Å². The summed E-state index contributed by atoms with van der Waals surface area (Å²) < 4.78 is 3.33. The molecule has 0 aliphatic carbocycles. The van der Waals surface area contributed by atoms with Crippen LogP contribution in [0.2, 0.25) is 0 Å². The molecule has 3 nitrogen and oxygen atoms in total. The molecule has 2 rings (SSSR count). The predicted octanol–water partition coefficient (Wildman–Crippen LogP) is 3.95. The quantitative estimate of drug-likeness (QED) is 0.847. The molecule has 0 unspecified atom stereocenters. The van der Waals surface area contributed by atoms with Gasteiger partial charge in [-0.25, -0.2) is 4.68 Å². The lowest BCUT2D eigenvalue weighted by Crippen LogP contribution is -2.17. The van der Waals surface area contributed by atoms with Gasteiger partial charge >= 0.3 is 0 Å². The van der Waals surface area contributed by atoms with Gasteiger partial charge in [0.1, 0.15) is 4.47 Å². The van der Waals surface area contributed by atoms with Gasteiger partial charge in [-0.1, -0.05) is 41.9 Å². The van der Waals surface area contributed by atoms with E-state index in [2.05, 4.69) is 50.8 Å². The van der Waals surface area contributed by atoms with Gasteiger partial charge in [-0.15, -0.1) is 0 Å². The molecule has 0 amide bonds. The van der Waals surface area contributed by atoms with Crippen LogP contribution in [0.1, 0.15) is 25.1 Å². The Kier molecular flexibility index (Phi) is 4.68. The summed E-state index contributed by atoms with van der Waals surface area (Å²) in [5.74, 6) is 0.510. The van der Waals surface area contributed by atoms with Crippen LogP contribution < -0.4 is 5.56 Å². The van der Waals surface area contributed by atoms with Gasteiger partial charge < -0.3 is 0 Å². The molecule has 0 fully saturated rings. The largest absolute Gasteiger partial charge is 0.298 e. The Labute approximate surface area is 129 Å². The Balaban J connectivity index is 2.26. The van der Waals surface area contributed by atoms with E-state index >= 15 is 0 Å². The number of hydrogen-bond acceptors (Lipinski definition) is 1. The minimum absolute atomic E-state index is 0.00133. The van der Waals surface area contributed by atoms with Crippen LogP contribution in [-0.4, -0.2) is 9.78 Å². The van der Waals surface area contributed by atoms with Crippen molar-refractivity contribution in [2.24, 2.45) is 5.92 Å². The molecular weight excluding hydrogens is 372 g/mol. The van der Waals surface area contributed by atoms with Crippen molar-refractivity contribution in [2.45, 2.75) is 26.8 Å². The highest BCUT2D eigenvalue weighted by molar-refractivity contribution is 9.10. The van der Waals surface area contributed by atoms with Crippen LogP contribution >= 0.6 is 31.9 Å². The van der Waals surface area contributed by atoms with Crippen molar-refractivity contribution < 1.29 is 0 Å². The molecule has 0 spiro atoms. The molecule has 0 radical (unpaired) electrons. The number of aromatic nitrogens is 2. The Bertz CT molecular complexity index is 611. The maximum absolute atomic E-state index is 12.1. The smallest absolute Gasteiger partial charge is 0.281 e. The number of benzene rings is 1. The Morgan fingerprint density at radius 3 is 2.42 bits per heavy atom. The highest BCUT2D eigenvalue weighted by Gasteiger charge is 2.12. The second-order valence-corrected chi connectivity index (χ2v) is 6.73. The first-order chi connectivity index (χ1) is 8.97. The summed E-state index contributed by atoms with van der Waals surface area (Å²) in [5, 5.41) is 3.19. The topological polar surface area (TPSA) is 37.8 Å². The number of nitrogens with zero attached hydrogens (tertiary/aromatic N) is 1. The molecule has 0 aliphatic heterocycles. The molecule has 1 aromatic carbocycles. The second kappa shape index (κ2) is 6.09. The standard InChI is InChI=1S/C14H16Br2N2O/c1-9(2)7-12-13(16)14(19)18(17-12)8-10-3-5-11(15)6-4-10/h3-6,9,17H,7-8H2,1-2H3. The molecule has 0 saturated carbocycles. The third-order valence-electron chi connectivity index (χ3n) is 2.83. The summed E-state index contributed by atoms with van der Waals surface area (Å²) >= 11 is 6.79. The van der Waals surface area contributed by atoms with E-state index in [9.17, 15) is 4.79 Å². The van der Waals surface area contributed by atoms with Crippen LogP contribution in [0.4, 0.5) is 0 Å². The van der Waals surface area contributed by atoms with E-state index in [0.717, 1.165) is 22.2 Å². The SMILES string of the molecule is CC(C)Cc1[nH]n(Cc2ccc(Br)cc2)c(=O)c1Br. The molecule has 1 aromatic heterocycles. The first-order valence-electron chi connectivity index (χ1n) is 6.19. The Morgan fingerprint density at radius 2 is 1.84 bits per heavy atom. The van der Waals surface area contributed by atoms with Gasteiger partial charge in [0.25, 0.3) is 5.56 Å². The number of hydrogen-bond donors (Lipinski definition) is 1. The van der Waals surface area contributed by atoms with Crippen LogP contribution in [0.25, 0.3) is 0 Å². The molecule has 1 heterocycles. The Hall–Kier alpha value is -0.810. The van der Waals surface area contributed by atoms with E-state index in [1.54, 1.807) is 4.68 Å². The van der Waals surface area contributed by atoms with Crippen LogP contribution in [0.3, 0.4) is 0 Å². The third kappa shape index (κ3) is 3.60. The maximum Gasteiger partial charge on any atom is 0.281 e. The fourth-order valence-electron chi connectivity index (χ4n) is 1.94. The lowest BCUT2D eigenvalue weighted by molar-refractivity contribution is 0.602. The average Bonchev–Trinajstić information content (AvgIpc) is 2.60. The lowest BCUT2D eigenvalue weighted by atomic mass is 10.1. The zero-order chi connectivity index (χ0) is 14.0. The van der Waals surface area contributed by atoms with Crippen LogP contribution in [-0.2, 0) is 13.0 Å². The molecule has 1 N–H and O–H groups in total. The van der Waals surface area contributed by atoms with Gasteiger partial charge in [0.15, 0.2) is 0 Å². The second-order valence-electron chi connectivity index (χ2n) is 5.02. The molecule has 102 valence electrons. The van der Waals surface area contributed by atoms with Crippen molar-refractivity contribution in [2.75, 3.05) is 0 Å². The van der Waals surface area contributed by atoms with Crippen molar-refractivity contribution in [3.8, 4) is 0 Å². The van der Waals surface area contributed by atoms with Gasteiger partial charge in [-0.3, -0.25) is 9.89 Å². The average molecular weight is 388 g/mol. The minimum Gasteiger partial charge on any atom is -0.298 e. The predicted molar refractivity (Wildman–Crippen MR) is 84.5 cm³/mol. The van der Waals surface area contributed by atoms with Crippen molar-refractivity contribution in [3.05, 3.63) is 54.8 Å². The van der Waals surface area contributed by atoms with Crippen molar-refractivity contribution in [3.63, 3.8) is 0 Å². The monoisotopic (exact) mass is 386 g/mol. The van der Waals surface area contributed by atoms with E-state index < -0.39 is 0 Å². The highest BCUT2D eigenvalue weighted by Crippen LogP contribution is 2.15. The summed E-state index contributed by atoms with van der Waals surface area (Å²) in [7, 11) is 0. The highest BCUT2D eigenvalue weighted by atomic mass is 79.9. The number of halogens is 2. The first kappa shape index (κ1) is 14.6.